The van der Waals surface area contributed by atoms with E-state index < -0.39 is 17.1 Å². The van der Waals surface area contributed by atoms with E-state index in [1.165, 1.54) is 19.3 Å². The van der Waals surface area contributed by atoms with E-state index in [-0.39, 0.29) is 23.9 Å². The lowest BCUT2D eigenvalue weighted by Gasteiger charge is -2.13. The molecule has 9 nitrogen and oxygen atoms in total. The predicted molar refractivity (Wildman–Crippen MR) is 94.9 cm³/mol. The van der Waals surface area contributed by atoms with Crippen molar-refractivity contribution in [2.75, 3.05) is 7.11 Å². The molecule has 1 aliphatic heterocycles. The average molecular weight is 358 g/mol. The number of methoxy groups -OCH3 is 1. The molecule has 1 aliphatic rings. The Morgan fingerprint density at radius 1 is 1.42 bits per heavy atom. The summed E-state index contributed by atoms with van der Waals surface area (Å²) < 4.78 is 6.10. The first kappa shape index (κ1) is 17.3. The number of allylic oxidation sites excluding steroid dienone is 1. The molecule has 26 heavy (non-hydrogen) atoms. The zero-order valence-electron chi connectivity index (χ0n) is 14.0. The van der Waals surface area contributed by atoms with Crippen LogP contribution in [0.5, 0.6) is 17.4 Å². The summed E-state index contributed by atoms with van der Waals surface area (Å²) in [5, 5.41) is 24.2. The second-order valence-corrected chi connectivity index (χ2v) is 5.73. The number of aromatic nitrogens is 2. The Hall–Kier alpha value is -3.49. The average Bonchev–Trinajstić information content (AvgIpc) is 3.08. The molecule has 1 aromatic carbocycles. The van der Waals surface area contributed by atoms with Gasteiger partial charge in [0.05, 0.1) is 18.9 Å². The molecule has 0 saturated heterocycles. The minimum absolute atomic E-state index is 0.0148. The number of hydrogen-bond acceptors (Lipinski definition) is 7. The summed E-state index contributed by atoms with van der Waals surface area (Å²) in [5.74, 6) is -0.123. The van der Waals surface area contributed by atoms with Crippen molar-refractivity contribution in [3.8, 4) is 17.4 Å². The summed E-state index contributed by atoms with van der Waals surface area (Å²) in [6.07, 6.45) is 1.74. The molecule has 3 rings (SSSR count). The lowest BCUT2D eigenvalue weighted by Crippen LogP contribution is -2.33. The molecule has 0 aliphatic carbocycles. The molecule has 0 unspecified atom stereocenters. The number of phenols is 1. The maximum absolute atomic E-state index is 12.2. The fourth-order valence-electron chi connectivity index (χ4n) is 2.82. The van der Waals surface area contributed by atoms with E-state index in [1.807, 2.05) is 0 Å². The first-order valence-corrected chi connectivity index (χ1v) is 7.82. The van der Waals surface area contributed by atoms with Crippen LogP contribution in [0.4, 0.5) is 0 Å². The number of H-pyrrole nitrogens is 1. The van der Waals surface area contributed by atoms with Gasteiger partial charge in [-0.25, -0.2) is 4.79 Å². The number of benzene rings is 1. The number of hydrazone groups is 1. The largest absolute Gasteiger partial charge is 0.504 e. The second-order valence-electron chi connectivity index (χ2n) is 5.73. The molecule has 0 saturated carbocycles. The number of nitrogens with one attached hydrogen (secondary N) is 2. The molecule has 9 heteroatoms. The smallest absolute Gasteiger partial charge is 0.331 e. The van der Waals surface area contributed by atoms with Crippen molar-refractivity contribution in [3.63, 3.8) is 0 Å². The van der Waals surface area contributed by atoms with Crippen LogP contribution in [0.25, 0.3) is 0 Å². The van der Waals surface area contributed by atoms with Crippen molar-refractivity contribution in [1.82, 2.24) is 15.0 Å². The minimum Gasteiger partial charge on any atom is -0.504 e. The Morgan fingerprint density at radius 3 is 2.88 bits per heavy atom. The SMILES string of the molecule is C=CCn1c(O)c(C2=NN[C@H](c3ccc(O)c(OC)c3)C2)c(=O)[nH]c1=O. The monoisotopic (exact) mass is 358 g/mol. The first-order chi connectivity index (χ1) is 12.5. The summed E-state index contributed by atoms with van der Waals surface area (Å²) in [6.45, 7) is 3.57. The molecule has 0 amide bonds. The van der Waals surface area contributed by atoms with Crippen LogP contribution in [0, 0.1) is 0 Å². The number of aromatic hydroxyl groups is 2. The maximum atomic E-state index is 12.2. The second kappa shape index (κ2) is 6.79. The molecule has 0 fully saturated rings. The summed E-state index contributed by atoms with van der Waals surface area (Å²) in [6, 6.07) is 4.59. The highest BCUT2D eigenvalue weighted by molar-refractivity contribution is 6.03. The van der Waals surface area contributed by atoms with Crippen LogP contribution in [0.1, 0.15) is 23.6 Å². The van der Waals surface area contributed by atoms with Crippen molar-refractivity contribution < 1.29 is 14.9 Å². The summed E-state index contributed by atoms with van der Waals surface area (Å²) in [4.78, 5) is 26.2. The minimum atomic E-state index is -0.720. The Kier molecular flexibility index (Phi) is 4.53. The quantitative estimate of drug-likeness (QED) is 0.579. The summed E-state index contributed by atoms with van der Waals surface area (Å²) in [5.41, 5.74) is 2.50. The molecule has 2 aromatic rings. The van der Waals surface area contributed by atoms with Crippen LogP contribution in [-0.2, 0) is 6.54 Å². The highest BCUT2D eigenvalue weighted by atomic mass is 16.5. The standard InChI is InChI=1S/C17H18N4O5/c1-3-6-21-16(24)14(15(23)18-17(21)25)11-8-10(19-20-11)9-4-5-12(22)13(7-9)26-2/h3-5,7,10,19,22,24H,1,6,8H2,2H3,(H,18,23,25)/t10-/m0/s1. The Bertz CT molecular complexity index is 1010. The molecule has 4 N–H and O–H groups in total. The fraction of sp³-hybridized carbons (Fsp3) is 0.235. The van der Waals surface area contributed by atoms with Gasteiger partial charge in [-0.05, 0) is 17.7 Å². The molecule has 0 spiro atoms. The van der Waals surface area contributed by atoms with Crippen LogP contribution in [0.15, 0.2) is 45.5 Å². The fourth-order valence-corrected chi connectivity index (χ4v) is 2.82. The van der Waals surface area contributed by atoms with E-state index >= 15 is 0 Å². The van der Waals surface area contributed by atoms with Crippen LogP contribution < -0.4 is 21.4 Å². The van der Waals surface area contributed by atoms with E-state index in [0.717, 1.165) is 10.1 Å². The Balaban J connectivity index is 1.94. The van der Waals surface area contributed by atoms with Gasteiger partial charge in [-0.15, -0.1) is 6.58 Å². The van der Waals surface area contributed by atoms with E-state index in [9.17, 15) is 19.8 Å². The molecule has 0 radical (unpaired) electrons. The molecular weight excluding hydrogens is 340 g/mol. The molecule has 136 valence electrons. The van der Waals surface area contributed by atoms with Crippen molar-refractivity contribution in [1.29, 1.82) is 0 Å². The van der Waals surface area contributed by atoms with Crippen LogP contribution >= 0.6 is 0 Å². The lowest BCUT2D eigenvalue weighted by molar-refractivity contribution is 0.372. The van der Waals surface area contributed by atoms with Crippen molar-refractivity contribution in [2.45, 2.75) is 19.0 Å². The van der Waals surface area contributed by atoms with Crippen LogP contribution in [0.2, 0.25) is 0 Å². The molecule has 2 heterocycles. The number of ether oxygens (including phenoxy) is 1. The number of hydrogen-bond donors (Lipinski definition) is 4. The van der Waals surface area contributed by atoms with E-state index in [1.54, 1.807) is 12.1 Å². The third kappa shape index (κ3) is 2.94. The number of nitrogens with zero attached hydrogens (tertiary/aromatic N) is 2. The Labute approximate surface area is 147 Å². The van der Waals surface area contributed by atoms with Gasteiger partial charge in [-0.2, -0.15) is 5.10 Å². The van der Waals surface area contributed by atoms with Crippen molar-refractivity contribution in [3.05, 3.63) is 62.8 Å². The number of rotatable bonds is 5. The third-order valence-corrected chi connectivity index (χ3v) is 4.13. The highest BCUT2D eigenvalue weighted by Crippen LogP contribution is 2.32. The highest BCUT2D eigenvalue weighted by Gasteiger charge is 2.27. The first-order valence-electron chi connectivity index (χ1n) is 7.82. The molecular formula is C17H18N4O5. The maximum Gasteiger partial charge on any atom is 0.331 e. The van der Waals surface area contributed by atoms with Gasteiger partial charge in [0.2, 0.25) is 5.88 Å². The van der Waals surface area contributed by atoms with Crippen molar-refractivity contribution in [2.24, 2.45) is 5.10 Å². The predicted octanol–water partition coefficient (Wildman–Crippen LogP) is 0.581. The van der Waals surface area contributed by atoms with Gasteiger partial charge in [0.15, 0.2) is 11.5 Å². The van der Waals surface area contributed by atoms with Gasteiger partial charge in [-0.1, -0.05) is 12.1 Å². The zero-order valence-corrected chi connectivity index (χ0v) is 14.0. The Morgan fingerprint density at radius 2 is 2.19 bits per heavy atom. The van der Waals surface area contributed by atoms with E-state index in [0.29, 0.717) is 17.9 Å². The van der Waals surface area contributed by atoms with Crippen LogP contribution in [-0.4, -0.2) is 32.6 Å². The molecule has 0 bridgehead atoms. The van der Waals surface area contributed by atoms with Crippen LogP contribution in [0.3, 0.4) is 0 Å². The van der Waals surface area contributed by atoms with Gasteiger partial charge in [0.1, 0.15) is 5.56 Å². The normalized spacial score (nSPS) is 16.0. The number of aromatic amines is 1. The summed E-state index contributed by atoms with van der Waals surface area (Å²) in [7, 11) is 1.45. The topological polar surface area (TPSA) is 129 Å². The molecule has 1 atom stereocenters. The third-order valence-electron chi connectivity index (χ3n) is 4.13. The number of phenolic OH excluding ortho intramolecular Hbond substituents is 1. The van der Waals surface area contributed by atoms with Gasteiger partial charge in [0.25, 0.3) is 5.56 Å². The van der Waals surface area contributed by atoms with Gasteiger partial charge >= 0.3 is 5.69 Å². The summed E-state index contributed by atoms with van der Waals surface area (Å²) >= 11 is 0. The van der Waals surface area contributed by atoms with Gasteiger partial charge in [0, 0.05) is 13.0 Å². The van der Waals surface area contributed by atoms with Gasteiger partial charge in [-0.3, -0.25) is 14.3 Å². The van der Waals surface area contributed by atoms with E-state index in [2.05, 4.69) is 22.1 Å². The molecule has 1 aromatic heterocycles. The van der Waals surface area contributed by atoms with Gasteiger partial charge < -0.3 is 20.4 Å². The lowest BCUT2D eigenvalue weighted by atomic mass is 9.99. The zero-order chi connectivity index (χ0) is 18.8. The van der Waals surface area contributed by atoms with E-state index in [4.69, 9.17) is 4.74 Å². The van der Waals surface area contributed by atoms with Crippen molar-refractivity contribution >= 4 is 5.71 Å².